The van der Waals surface area contributed by atoms with Gasteiger partial charge in [0.2, 0.25) is 6.79 Å². The summed E-state index contributed by atoms with van der Waals surface area (Å²) >= 11 is 0. The van der Waals surface area contributed by atoms with E-state index in [1.54, 1.807) is 13.8 Å². The Morgan fingerprint density at radius 3 is 2.57 bits per heavy atom. The summed E-state index contributed by atoms with van der Waals surface area (Å²) < 4.78 is 36.5. The van der Waals surface area contributed by atoms with Crippen molar-refractivity contribution in [2.45, 2.75) is 44.5 Å². The molecular formula is C14H23N4O11P. The molecule has 1 aliphatic heterocycles. The molecule has 16 heteroatoms. The highest BCUT2D eigenvalue weighted by molar-refractivity contribution is 7.47. The second-order valence-electron chi connectivity index (χ2n) is 6.37. The number of rotatable bonds is 9. The number of aliphatic hydroxyl groups excluding tert-OH is 2. The molecule has 0 radical (unpaired) electrons. The molecule has 2 heterocycles. The number of hydrogen-bond acceptors (Lipinski definition) is 12. The van der Waals surface area contributed by atoms with Crippen molar-refractivity contribution < 1.29 is 52.5 Å². The molecule has 0 aliphatic carbocycles. The van der Waals surface area contributed by atoms with Gasteiger partial charge < -0.3 is 40.8 Å². The normalized spacial score (nSPS) is 25.8. The van der Waals surface area contributed by atoms with Crippen molar-refractivity contribution in [2.24, 2.45) is 5.73 Å². The second kappa shape index (κ2) is 9.70. The minimum atomic E-state index is -4.70. The van der Waals surface area contributed by atoms with Gasteiger partial charge in [-0.2, -0.15) is 0 Å². The van der Waals surface area contributed by atoms with Crippen LogP contribution < -0.4 is 11.5 Å². The lowest BCUT2D eigenvalue weighted by molar-refractivity contribution is -0.0571. The van der Waals surface area contributed by atoms with Gasteiger partial charge in [0.05, 0.1) is 19.0 Å². The van der Waals surface area contributed by atoms with E-state index in [1.807, 2.05) is 0 Å². The summed E-state index contributed by atoms with van der Waals surface area (Å²) in [5.74, 6) is -1.11. The first-order valence-corrected chi connectivity index (χ1v) is 10.0. The third-order valence-electron chi connectivity index (χ3n) is 3.80. The van der Waals surface area contributed by atoms with Gasteiger partial charge in [0.1, 0.15) is 24.1 Å². The third kappa shape index (κ3) is 5.89. The first-order valence-electron chi connectivity index (χ1n) is 8.52. The zero-order valence-corrected chi connectivity index (χ0v) is 16.9. The fourth-order valence-corrected chi connectivity index (χ4v) is 3.03. The molecule has 1 saturated heterocycles. The molecule has 0 saturated carbocycles. The van der Waals surface area contributed by atoms with Crippen LogP contribution in [0, 0.1) is 0 Å². The first-order chi connectivity index (χ1) is 13.9. The largest absolute Gasteiger partial charge is 0.510 e. The van der Waals surface area contributed by atoms with Crippen LogP contribution in [0.1, 0.15) is 30.6 Å². The van der Waals surface area contributed by atoms with Crippen LogP contribution in [-0.2, 0) is 27.8 Å². The van der Waals surface area contributed by atoms with E-state index >= 15 is 0 Å². The molecule has 30 heavy (non-hydrogen) atoms. The molecule has 1 aromatic rings. The molecule has 170 valence electrons. The molecule has 1 fully saturated rings. The fourth-order valence-electron chi connectivity index (χ4n) is 2.43. The number of imidazole rings is 1. The predicted octanol–water partition coefficient (Wildman–Crippen LogP) is -1.16. The van der Waals surface area contributed by atoms with E-state index in [4.69, 9.17) is 16.2 Å². The van der Waals surface area contributed by atoms with Crippen molar-refractivity contribution in [1.82, 2.24) is 9.55 Å². The summed E-state index contributed by atoms with van der Waals surface area (Å²) in [6.45, 7) is 1.53. The van der Waals surface area contributed by atoms with Gasteiger partial charge in [0, 0.05) is 0 Å². The summed E-state index contributed by atoms with van der Waals surface area (Å²) in [5.41, 5.74) is 10.6. The van der Waals surface area contributed by atoms with Gasteiger partial charge in [-0.3, -0.25) is 13.9 Å². The van der Waals surface area contributed by atoms with E-state index in [-0.39, 0.29) is 11.5 Å². The minimum Gasteiger partial charge on any atom is -0.432 e. The molecular weight excluding hydrogens is 431 g/mol. The maximum Gasteiger partial charge on any atom is 0.510 e. The number of carbonyl (C=O) groups is 2. The van der Waals surface area contributed by atoms with Gasteiger partial charge >= 0.3 is 14.0 Å². The molecule has 5 atom stereocenters. The van der Waals surface area contributed by atoms with E-state index in [2.05, 4.69) is 23.5 Å². The zero-order valence-electron chi connectivity index (χ0n) is 16.0. The number of nitrogens with zero attached hydrogens (tertiary/aromatic N) is 2. The number of aliphatic hydroxyl groups is 2. The Balaban J connectivity index is 1.90. The van der Waals surface area contributed by atoms with Crippen LogP contribution >= 0.6 is 7.82 Å². The maximum absolute atomic E-state index is 11.8. The quantitative estimate of drug-likeness (QED) is 0.169. The van der Waals surface area contributed by atoms with Crippen molar-refractivity contribution in [1.29, 1.82) is 0 Å². The number of aromatic nitrogens is 2. The Hall–Kier alpha value is -2.26. The van der Waals surface area contributed by atoms with Gasteiger partial charge in [-0.15, -0.1) is 0 Å². The predicted molar refractivity (Wildman–Crippen MR) is 95.5 cm³/mol. The SMILES string of the molecule is CC(C)OC(=O)OCOP(=O)(O)OC[C@H]1O[C@@H](n2cnc(C(N)=O)c2N)[C@H](O)[C@@H]1O. The molecule has 1 unspecified atom stereocenters. The van der Waals surface area contributed by atoms with Crippen LogP contribution in [0.4, 0.5) is 10.6 Å². The lowest BCUT2D eigenvalue weighted by atomic mass is 10.1. The first kappa shape index (κ1) is 24.0. The Kier molecular flexibility index (Phi) is 7.76. The average Bonchev–Trinajstić information content (AvgIpc) is 3.13. The smallest absolute Gasteiger partial charge is 0.432 e. The molecule has 1 amide bonds. The van der Waals surface area contributed by atoms with Crippen LogP contribution in [0.3, 0.4) is 0 Å². The van der Waals surface area contributed by atoms with Crippen LogP contribution in [-0.4, -0.2) is 74.5 Å². The van der Waals surface area contributed by atoms with Crippen LogP contribution in [0.15, 0.2) is 6.33 Å². The number of phosphoric ester groups is 1. The Labute approximate surface area is 170 Å². The van der Waals surface area contributed by atoms with Crippen molar-refractivity contribution in [3.8, 4) is 0 Å². The van der Waals surface area contributed by atoms with Gasteiger partial charge in [0.25, 0.3) is 5.91 Å². The summed E-state index contributed by atoms with van der Waals surface area (Å²) in [5, 5.41) is 20.3. The number of nitrogens with two attached hydrogens (primary N) is 2. The molecule has 1 aromatic heterocycles. The summed E-state index contributed by atoms with van der Waals surface area (Å²) in [4.78, 5) is 35.7. The molecule has 0 spiro atoms. The van der Waals surface area contributed by atoms with Gasteiger partial charge in [-0.1, -0.05) is 0 Å². The highest BCUT2D eigenvalue weighted by Crippen LogP contribution is 2.44. The van der Waals surface area contributed by atoms with Crippen molar-refractivity contribution in [3.05, 3.63) is 12.0 Å². The number of amides is 1. The number of phosphoric acid groups is 1. The number of ether oxygens (including phenoxy) is 3. The zero-order chi connectivity index (χ0) is 22.6. The van der Waals surface area contributed by atoms with E-state index in [9.17, 15) is 29.3 Å². The molecule has 2 rings (SSSR count). The summed E-state index contributed by atoms with van der Waals surface area (Å²) in [7, 11) is -4.70. The number of carbonyl (C=O) groups excluding carboxylic acids is 2. The Morgan fingerprint density at radius 2 is 2.00 bits per heavy atom. The summed E-state index contributed by atoms with van der Waals surface area (Å²) in [6.07, 6.45) is -6.14. The molecule has 0 aromatic carbocycles. The van der Waals surface area contributed by atoms with Crippen LogP contribution in [0.5, 0.6) is 0 Å². The maximum atomic E-state index is 11.8. The number of primary amides is 1. The lowest BCUT2D eigenvalue weighted by Crippen LogP contribution is -2.33. The van der Waals surface area contributed by atoms with Crippen LogP contribution in [0.2, 0.25) is 0 Å². The number of anilines is 1. The van der Waals surface area contributed by atoms with Crippen molar-refractivity contribution in [2.75, 3.05) is 19.1 Å². The van der Waals surface area contributed by atoms with E-state index in [0.717, 1.165) is 10.9 Å². The van der Waals surface area contributed by atoms with Gasteiger partial charge in [-0.25, -0.2) is 18.9 Å². The van der Waals surface area contributed by atoms with Gasteiger partial charge in [0.15, 0.2) is 11.9 Å². The Bertz CT molecular complexity index is 816. The number of hydrogen-bond donors (Lipinski definition) is 5. The summed E-state index contributed by atoms with van der Waals surface area (Å²) in [6, 6.07) is 0. The van der Waals surface area contributed by atoms with E-state index in [1.165, 1.54) is 0 Å². The highest BCUT2D eigenvalue weighted by atomic mass is 31.2. The molecule has 1 aliphatic rings. The average molecular weight is 454 g/mol. The fraction of sp³-hybridized carbons (Fsp3) is 0.643. The Morgan fingerprint density at radius 1 is 1.33 bits per heavy atom. The van der Waals surface area contributed by atoms with E-state index < -0.39 is 63.9 Å². The minimum absolute atomic E-state index is 0.207. The van der Waals surface area contributed by atoms with Crippen molar-refractivity contribution in [3.63, 3.8) is 0 Å². The van der Waals surface area contributed by atoms with E-state index in [0.29, 0.717) is 0 Å². The number of nitrogen functional groups attached to an aromatic ring is 1. The standard InChI is InChI=1S/C14H23N4O11P/c1-6(2)28-14(22)25-5-27-30(23,24)26-3-7-9(19)10(20)13(29-7)18-4-17-8(11(18)15)12(16)21/h4,6-7,9-10,13,19-20H,3,5,15H2,1-2H3,(H2,16,21)(H,23,24)/t7-,9-,10-,13-/m1/s1. The molecule has 15 nitrogen and oxygen atoms in total. The molecule has 0 bridgehead atoms. The van der Waals surface area contributed by atoms with Crippen molar-refractivity contribution >= 4 is 25.7 Å². The third-order valence-corrected chi connectivity index (χ3v) is 4.71. The van der Waals surface area contributed by atoms with Gasteiger partial charge in [-0.05, 0) is 13.8 Å². The molecule has 7 N–H and O–H groups in total. The topological polar surface area (TPSA) is 228 Å². The van der Waals surface area contributed by atoms with Crippen LogP contribution in [0.25, 0.3) is 0 Å². The monoisotopic (exact) mass is 454 g/mol. The second-order valence-corrected chi connectivity index (χ2v) is 7.82. The lowest BCUT2D eigenvalue weighted by Gasteiger charge is -2.18. The highest BCUT2D eigenvalue weighted by Gasteiger charge is 2.45.